The number of sulfonamides is 1. The second-order valence-corrected chi connectivity index (χ2v) is 6.98. The molecule has 1 N–H and O–H groups in total. The van der Waals surface area contributed by atoms with Gasteiger partial charge in [-0.25, -0.2) is 13.2 Å². The van der Waals surface area contributed by atoms with E-state index in [-0.39, 0.29) is 27.8 Å². The van der Waals surface area contributed by atoms with Crippen molar-refractivity contribution >= 4 is 44.9 Å². The summed E-state index contributed by atoms with van der Waals surface area (Å²) in [5.41, 5.74) is 0.564. The Morgan fingerprint density at radius 2 is 1.74 bits per heavy atom. The molecule has 2 aromatic rings. The van der Waals surface area contributed by atoms with Crippen molar-refractivity contribution in [3.8, 4) is 0 Å². The molecular formula is C15H13Cl2NO4S. The molecule has 0 aromatic heterocycles. The van der Waals surface area contributed by atoms with E-state index in [0.717, 1.165) is 0 Å². The molecular weight excluding hydrogens is 361 g/mol. The van der Waals surface area contributed by atoms with E-state index in [0.29, 0.717) is 5.02 Å². The fourth-order valence-electron chi connectivity index (χ4n) is 1.76. The maximum Gasteiger partial charge on any atom is 0.338 e. The van der Waals surface area contributed by atoms with Crippen LogP contribution in [0.1, 0.15) is 17.3 Å². The lowest BCUT2D eigenvalue weighted by Crippen LogP contribution is -2.13. The molecule has 0 bridgehead atoms. The van der Waals surface area contributed by atoms with Crippen LogP contribution in [0.25, 0.3) is 0 Å². The van der Waals surface area contributed by atoms with Crippen LogP contribution in [-0.2, 0) is 14.8 Å². The van der Waals surface area contributed by atoms with E-state index < -0.39 is 16.0 Å². The molecule has 2 aromatic carbocycles. The number of benzene rings is 2. The average Bonchev–Trinajstić information content (AvgIpc) is 2.51. The van der Waals surface area contributed by atoms with E-state index in [2.05, 4.69) is 4.72 Å². The van der Waals surface area contributed by atoms with Crippen LogP contribution in [0.3, 0.4) is 0 Å². The molecule has 0 atom stereocenters. The predicted octanol–water partition coefficient (Wildman–Crippen LogP) is 3.97. The van der Waals surface area contributed by atoms with Gasteiger partial charge in [-0.1, -0.05) is 23.2 Å². The third-order valence-electron chi connectivity index (χ3n) is 2.85. The van der Waals surface area contributed by atoms with Gasteiger partial charge in [0.1, 0.15) is 0 Å². The second kappa shape index (κ2) is 7.21. The number of ether oxygens (including phenoxy) is 1. The number of esters is 1. The third-order valence-corrected chi connectivity index (χ3v) is 4.98. The Hall–Kier alpha value is -1.76. The maximum atomic E-state index is 12.3. The maximum absolute atomic E-state index is 12.3. The van der Waals surface area contributed by atoms with E-state index >= 15 is 0 Å². The Morgan fingerprint density at radius 3 is 2.30 bits per heavy atom. The summed E-state index contributed by atoms with van der Waals surface area (Å²) < 4.78 is 31.8. The summed E-state index contributed by atoms with van der Waals surface area (Å²) in [5, 5.41) is 0.568. The van der Waals surface area contributed by atoms with Gasteiger partial charge in [0, 0.05) is 0 Å². The number of hydrogen-bond donors (Lipinski definition) is 1. The monoisotopic (exact) mass is 373 g/mol. The summed E-state index contributed by atoms with van der Waals surface area (Å²) >= 11 is 11.6. The largest absolute Gasteiger partial charge is 0.462 e. The van der Waals surface area contributed by atoms with Crippen molar-refractivity contribution in [1.29, 1.82) is 0 Å². The van der Waals surface area contributed by atoms with Crippen molar-refractivity contribution in [3.63, 3.8) is 0 Å². The molecule has 5 nitrogen and oxygen atoms in total. The lowest BCUT2D eigenvalue weighted by atomic mass is 10.2. The molecule has 122 valence electrons. The molecule has 0 radical (unpaired) electrons. The zero-order valence-corrected chi connectivity index (χ0v) is 14.4. The Morgan fingerprint density at radius 1 is 1.09 bits per heavy atom. The van der Waals surface area contributed by atoms with Crippen molar-refractivity contribution in [1.82, 2.24) is 0 Å². The molecule has 0 saturated heterocycles. The van der Waals surface area contributed by atoms with Gasteiger partial charge >= 0.3 is 5.97 Å². The average molecular weight is 374 g/mol. The van der Waals surface area contributed by atoms with Crippen LogP contribution < -0.4 is 4.72 Å². The standard InChI is InChI=1S/C15H13Cl2NO4S/c1-2-22-15(19)10-3-6-12(7-4-10)23(20,21)18-11-5-8-13(16)14(17)9-11/h3-9,18H,2H2,1H3. The van der Waals surface area contributed by atoms with E-state index in [1.165, 1.54) is 42.5 Å². The van der Waals surface area contributed by atoms with Crippen LogP contribution in [0.2, 0.25) is 10.0 Å². The summed E-state index contributed by atoms with van der Waals surface area (Å²) in [6.45, 7) is 1.94. The third kappa shape index (κ3) is 4.37. The van der Waals surface area contributed by atoms with Gasteiger partial charge in [-0.2, -0.15) is 0 Å². The molecule has 0 spiro atoms. The molecule has 8 heteroatoms. The van der Waals surface area contributed by atoms with Crippen molar-refractivity contribution in [3.05, 3.63) is 58.1 Å². The molecule has 0 aliphatic carbocycles. The first-order chi connectivity index (χ1) is 10.8. The topological polar surface area (TPSA) is 72.5 Å². The Bertz CT molecular complexity index is 820. The summed E-state index contributed by atoms with van der Waals surface area (Å²) in [7, 11) is -3.80. The lowest BCUT2D eigenvalue weighted by molar-refractivity contribution is 0.0526. The SMILES string of the molecule is CCOC(=O)c1ccc(S(=O)(=O)Nc2ccc(Cl)c(Cl)c2)cc1. The number of carbonyl (C=O) groups excluding carboxylic acids is 1. The number of hydrogen-bond acceptors (Lipinski definition) is 4. The smallest absolute Gasteiger partial charge is 0.338 e. The Balaban J connectivity index is 2.22. The highest BCUT2D eigenvalue weighted by atomic mass is 35.5. The van der Waals surface area contributed by atoms with Crippen LogP contribution >= 0.6 is 23.2 Å². The minimum Gasteiger partial charge on any atom is -0.462 e. The van der Waals surface area contributed by atoms with E-state index in [1.807, 2.05) is 0 Å². The Kier molecular flexibility index (Phi) is 5.51. The normalized spacial score (nSPS) is 11.1. The van der Waals surface area contributed by atoms with Gasteiger partial charge in [0.25, 0.3) is 10.0 Å². The fourth-order valence-corrected chi connectivity index (χ4v) is 3.11. The van der Waals surface area contributed by atoms with Gasteiger partial charge in [-0.05, 0) is 49.4 Å². The number of halogens is 2. The van der Waals surface area contributed by atoms with Gasteiger partial charge in [0.2, 0.25) is 0 Å². The highest BCUT2D eigenvalue weighted by Gasteiger charge is 2.16. The molecule has 0 fully saturated rings. The number of carbonyl (C=O) groups is 1. The summed E-state index contributed by atoms with van der Waals surface area (Å²) in [6.07, 6.45) is 0. The summed E-state index contributed by atoms with van der Waals surface area (Å²) in [4.78, 5) is 11.6. The van der Waals surface area contributed by atoms with Crippen LogP contribution in [0, 0.1) is 0 Å². The van der Waals surface area contributed by atoms with Gasteiger partial charge in [-0.15, -0.1) is 0 Å². The fraction of sp³-hybridized carbons (Fsp3) is 0.133. The van der Waals surface area contributed by atoms with E-state index in [4.69, 9.17) is 27.9 Å². The molecule has 0 saturated carbocycles. The second-order valence-electron chi connectivity index (χ2n) is 4.48. The van der Waals surface area contributed by atoms with E-state index in [9.17, 15) is 13.2 Å². The minimum absolute atomic E-state index is 0.0108. The molecule has 0 heterocycles. The van der Waals surface area contributed by atoms with Gasteiger partial charge in [0.15, 0.2) is 0 Å². The van der Waals surface area contributed by atoms with Crippen molar-refractivity contribution in [2.75, 3.05) is 11.3 Å². The number of rotatable bonds is 5. The number of nitrogens with one attached hydrogen (secondary N) is 1. The Labute approximate surface area is 144 Å². The zero-order valence-electron chi connectivity index (χ0n) is 12.0. The molecule has 2 rings (SSSR count). The van der Waals surface area contributed by atoms with Crippen LogP contribution in [0.5, 0.6) is 0 Å². The van der Waals surface area contributed by atoms with Crippen molar-refractivity contribution < 1.29 is 17.9 Å². The van der Waals surface area contributed by atoms with Crippen LogP contribution in [0.15, 0.2) is 47.4 Å². The quantitative estimate of drug-likeness (QED) is 0.804. The molecule has 23 heavy (non-hydrogen) atoms. The van der Waals surface area contributed by atoms with Gasteiger partial charge < -0.3 is 4.74 Å². The highest BCUT2D eigenvalue weighted by molar-refractivity contribution is 7.92. The first-order valence-electron chi connectivity index (χ1n) is 6.58. The highest BCUT2D eigenvalue weighted by Crippen LogP contribution is 2.26. The summed E-state index contributed by atoms with van der Waals surface area (Å²) in [6, 6.07) is 9.83. The molecule has 0 aliphatic rings. The van der Waals surface area contributed by atoms with E-state index in [1.54, 1.807) is 6.92 Å². The molecule has 0 amide bonds. The zero-order chi connectivity index (χ0) is 17.0. The lowest BCUT2D eigenvalue weighted by Gasteiger charge is -2.09. The van der Waals surface area contributed by atoms with Crippen molar-refractivity contribution in [2.24, 2.45) is 0 Å². The molecule has 0 aliphatic heterocycles. The molecule has 0 unspecified atom stereocenters. The number of anilines is 1. The summed E-state index contributed by atoms with van der Waals surface area (Å²) in [5.74, 6) is -0.506. The van der Waals surface area contributed by atoms with Crippen LogP contribution in [-0.4, -0.2) is 21.0 Å². The predicted molar refractivity (Wildman–Crippen MR) is 89.7 cm³/mol. The van der Waals surface area contributed by atoms with Gasteiger partial charge in [-0.3, -0.25) is 4.72 Å². The first-order valence-corrected chi connectivity index (χ1v) is 8.82. The first kappa shape index (κ1) is 17.6. The van der Waals surface area contributed by atoms with Gasteiger partial charge in [0.05, 0.1) is 32.8 Å². The van der Waals surface area contributed by atoms with Crippen molar-refractivity contribution in [2.45, 2.75) is 11.8 Å². The minimum atomic E-state index is -3.80. The van der Waals surface area contributed by atoms with Crippen LogP contribution in [0.4, 0.5) is 5.69 Å².